The van der Waals surface area contributed by atoms with Crippen LogP contribution in [0.15, 0.2) is 36.4 Å². The molecule has 0 spiro atoms. The van der Waals surface area contributed by atoms with E-state index in [1.165, 1.54) is 6.07 Å². The first kappa shape index (κ1) is 20.0. The van der Waals surface area contributed by atoms with Crippen molar-refractivity contribution >= 4 is 40.9 Å². The van der Waals surface area contributed by atoms with Gasteiger partial charge in [0.15, 0.2) is 0 Å². The summed E-state index contributed by atoms with van der Waals surface area (Å²) in [5.41, 5.74) is 0.818. The highest BCUT2D eigenvalue weighted by Crippen LogP contribution is 2.33. The number of nitrogens with zero attached hydrogens (tertiary/aromatic N) is 2. The Kier molecular flexibility index (Phi) is 5.03. The number of piperidine rings is 1. The number of benzene rings is 2. The Labute approximate surface area is 176 Å². The predicted molar refractivity (Wildman–Crippen MR) is 107 cm³/mol. The number of carbonyl (C=O) groups is 4. The van der Waals surface area contributed by atoms with E-state index in [1.54, 1.807) is 24.1 Å². The van der Waals surface area contributed by atoms with E-state index >= 15 is 0 Å². The van der Waals surface area contributed by atoms with Crippen molar-refractivity contribution in [3.63, 3.8) is 0 Å². The normalized spacial score (nSPS) is 18.5. The third-order valence-electron chi connectivity index (χ3n) is 5.28. The number of hydrogen-bond acceptors (Lipinski definition) is 5. The van der Waals surface area contributed by atoms with Gasteiger partial charge < -0.3 is 4.90 Å². The minimum Gasteiger partial charge on any atom is -0.368 e. The van der Waals surface area contributed by atoms with Crippen molar-refractivity contribution in [2.24, 2.45) is 0 Å². The van der Waals surface area contributed by atoms with Crippen molar-refractivity contribution in [3.8, 4) is 0 Å². The lowest BCUT2D eigenvalue weighted by molar-refractivity contribution is -0.136. The molecule has 154 valence electrons. The second-order valence-electron chi connectivity index (χ2n) is 7.24. The lowest BCUT2D eigenvalue weighted by Gasteiger charge is -2.27. The Balaban J connectivity index is 1.64. The zero-order valence-electron chi connectivity index (χ0n) is 15.9. The third-order valence-corrected chi connectivity index (χ3v) is 5.65. The van der Waals surface area contributed by atoms with Crippen LogP contribution in [0.3, 0.4) is 0 Å². The summed E-state index contributed by atoms with van der Waals surface area (Å²) < 4.78 is 14.8. The van der Waals surface area contributed by atoms with Crippen LogP contribution in [0.4, 0.5) is 10.1 Å². The molecule has 2 aliphatic rings. The monoisotopic (exact) mass is 429 g/mol. The first-order valence-electron chi connectivity index (χ1n) is 9.27. The third kappa shape index (κ3) is 3.33. The van der Waals surface area contributed by atoms with Gasteiger partial charge in [-0.15, -0.1) is 0 Å². The predicted octanol–water partition coefficient (Wildman–Crippen LogP) is 2.52. The van der Waals surface area contributed by atoms with Gasteiger partial charge in [-0.3, -0.25) is 29.4 Å². The fourth-order valence-electron chi connectivity index (χ4n) is 3.74. The molecule has 0 aromatic heterocycles. The molecule has 2 aromatic carbocycles. The molecule has 2 aromatic rings. The lowest BCUT2D eigenvalue weighted by Crippen LogP contribution is -2.54. The molecule has 2 heterocycles. The zero-order valence-corrected chi connectivity index (χ0v) is 16.7. The summed E-state index contributed by atoms with van der Waals surface area (Å²) >= 11 is 6.17. The van der Waals surface area contributed by atoms with Gasteiger partial charge in [0.2, 0.25) is 11.8 Å². The van der Waals surface area contributed by atoms with Crippen molar-refractivity contribution < 1.29 is 23.6 Å². The molecule has 0 bridgehead atoms. The van der Waals surface area contributed by atoms with Crippen molar-refractivity contribution in [1.82, 2.24) is 10.2 Å². The molecule has 1 fully saturated rings. The fourth-order valence-corrected chi connectivity index (χ4v) is 3.93. The smallest absolute Gasteiger partial charge is 0.262 e. The number of halogens is 2. The Morgan fingerprint density at radius 3 is 2.47 bits per heavy atom. The van der Waals surface area contributed by atoms with Crippen LogP contribution in [0.25, 0.3) is 0 Å². The molecular formula is C21H17ClFN3O4. The summed E-state index contributed by atoms with van der Waals surface area (Å²) in [5.74, 6) is -3.27. The van der Waals surface area contributed by atoms with Crippen LogP contribution in [0.5, 0.6) is 0 Å². The Morgan fingerprint density at radius 2 is 1.80 bits per heavy atom. The number of fused-ring (bicyclic) bond motifs is 1. The maximum absolute atomic E-state index is 14.8. The number of imide groups is 2. The number of anilines is 1. The summed E-state index contributed by atoms with van der Waals surface area (Å²) in [7, 11) is 1.65. The number of carbonyl (C=O) groups excluding carboxylic acids is 4. The molecular weight excluding hydrogens is 413 g/mol. The molecule has 1 atom stereocenters. The van der Waals surface area contributed by atoms with E-state index < -0.39 is 35.5 Å². The van der Waals surface area contributed by atoms with E-state index in [1.807, 2.05) is 12.1 Å². The molecule has 4 amide bonds. The van der Waals surface area contributed by atoms with Crippen molar-refractivity contribution in [3.05, 3.63) is 63.9 Å². The zero-order chi connectivity index (χ0) is 21.6. The summed E-state index contributed by atoms with van der Waals surface area (Å²) in [5, 5.41) is 2.66. The van der Waals surface area contributed by atoms with E-state index in [-0.39, 0.29) is 36.2 Å². The van der Waals surface area contributed by atoms with Crippen molar-refractivity contribution in [2.75, 3.05) is 11.9 Å². The van der Waals surface area contributed by atoms with Gasteiger partial charge >= 0.3 is 0 Å². The van der Waals surface area contributed by atoms with Crippen molar-refractivity contribution in [1.29, 1.82) is 0 Å². The van der Waals surface area contributed by atoms with Gasteiger partial charge in [0, 0.05) is 25.0 Å². The molecule has 0 saturated carbocycles. The molecule has 0 radical (unpaired) electrons. The van der Waals surface area contributed by atoms with Crippen LogP contribution < -0.4 is 10.2 Å². The van der Waals surface area contributed by atoms with Crippen LogP contribution in [0.2, 0.25) is 5.02 Å². The second kappa shape index (κ2) is 7.53. The minimum atomic E-state index is -1.09. The van der Waals surface area contributed by atoms with Crippen LogP contribution in [0.1, 0.15) is 39.1 Å². The molecule has 9 heteroatoms. The Hall–Kier alpha value is -3.26. The number of amides is 4. The summed E-state index contributed by atoms with van der Waals surface area (Å²) in [4.78, 5) is 51.6. The van der Waals surface area contributed by atoms with Crippen molar-refractivity contribution in [2.45, 2.75) is 25.4 Å². The van der Waals surface area contributed by atoms with Crippen LogP contribution >= 0.6 is 11.6 Å². The van der Waals surface area contributed by atoms with E-state index in [4.69, 9.17) is 11.6 Å². The Morgan fingerprint density at radius 1 is 1.13 bits per heavy atom. The van der Waals surface area contributed by atoms with Gasteiger partial charge in [0.25, 0.3) is 11.8 Å². The molecule has 7 nitrogen and oxygen atoms in total. The average Bonchev–Trinajstić information content (AvgIpc) is 2.93. The number of nitrogens with one attached hydrogen (secondary N) is 1. The highest BCUT2D eigenvalue weighted by molar-refractivity contribution is 6.31. The first-order chi connectivity index (χ1) is 14.3. The second-order valence-corrected chi connectivity index (χ2v) is 7.65. The van der Waals surface area contributed by atoms with Crippen LogP contribution in [0, 0.1) is 5.82 Å². The Bertz CT molecular complexity index is 1100. The summed E-state index contributed by atoms with van der Waals surface area (Å²) in [6, 6.07) is 8.37. The van der Waals surface area contributed by atoms with Gasteiger partial charge in [-0.25, -0.2) is 4.39 Å². The van der Waals surface area contributed by atoms with E-state index in [0.29, 0.717) is 5.02 Å². The molecule has 2 aliphatic heterocycles. The van der Waals surface area contributed by atoms with E-state index in [0.717, 1.165) is 16.5 Å². The summed E-state index contributed by atoms with van der Waals surface area (Å²) in [6.45, 7) is 0.286. The van der Waals surface area contributed by atoms with Gasteiger partial charge in [0.05, 0.1) is 16.8 Å². The fraction of sp³-hybridized carbons (Fsp3) is 0.238. The standard InChI is InChI=1S/C21H17ClFN3O4/c1-25(10-11-4-2-3-5-14(11)22)17-9-13-12(8-15(17)23)20(29)26(21(13)30)16-6-7-18(27)24-19(16)28/h2-5,8-9,16H,6-7,10H2,1H3,(H,24,27,28). The topological polar surface area (TPSA) is 86.8 Å². The highest BCUT2D eigenvalue weighted by atomic mass is 35.5. The van der Waals surface area contributed by atoms with Gasteiger partial charge in [-0.1, -0.05) is 29.8 Å². The first-order valence-corrected chi connectivity index (χ1v) is 9.65. The van der Waals surface area contributed by atoms with E-state index in [2.05, 4.69) is 5.32 Å². The number of hydrogen-bond donors (Lipinski definition) is 1. The minimum absolute atomic E-state index is 0.0179. The SMILES string of the molecule is CN(Cc1ccccc1Cl)c1cc2c(cc1F)C(=O)N(C1CCC(=O)NC1=O)C2=O. The lowest BCUT2D eigenvalue weighted by atomic mass is 10.0. The van der Waals surface area contributed by atoms with E-state index in [9.17, 15) is 23.6 Å². The van der Waals surface area contributed by atoms with Gasteiger partial charge in [0.1, 0.15) is 11.9 Å². The average molecular weight is 430 g/mol. The molecule has 0 aliphatic carbocycles. The maximum atomic E-state index is 14.8. The molecule has 1 N–H and O–H groups in total. The highest BCUT2D eigenvalue weighted by Gasteiger charge is 2.45. The summed E-state index contributed by atoms with van der Waals surface area (Å²) in [6.07, 6.45) is 0.0574. The van der Waals surface area contributed by atoms with Crippen LogP contribution in [-0.4, -0.2) is 41.6 Å². The maximum Gasteiger partial charge on any atom is 0.262 e. The van der Waals surface area contributed by atoms with Crippen LogP contribution in [-0.2, 0) is 16.1 Å². The largest absolute Gasteiger partial charge is 0.368 e. The molecule has 1 saturated heterocycles. The number of rotatable bonds is 4. The van der Waals surface area contributed by atoms with Gasteiger partial charge in [-0.2, -0.15) is 0 Å². The van der Waals surface area contributed by atoms with Gasteiger partial charge in [-0.05, 0) is 30.2 Å². The molecule has 1 unspecified atom stereocenters. The quantitative estimate of drug-likeness (QED) is 0.755. The molecule has 4 rings (SSSR count). The molecule has 30 heavy (non-hydrogen) atoms.